The lowest BCUT2D eigenvalue weighted by Crippen LogP contribution is -2.14. The van der Waals surface area contributed by atoms with Gasteiger partial charge in [0, 0.05) is 12.8 Å². The fraction of sp³-hybridized carbons (Fsp3) is 0.611. The molecule has 1 aliphatic carbocycles. The summed E-state index contributed by atoms with van der Waals surface area (Å²) in [6.07, 6.45) is 7.96. The van der Waals surface area contributed by atoms with Crippen LogP contribution in [-0.4, -0.2) is 5.78 Å². The first-order valence-electron chi connectivity index (χ1n) is 7.64. The molecular formula is C18H26O. The van der Waals surface area contributed by atoms with Crippen LogP contribution in [-0.2, 0) is 11.2 Å². The number of carbonyl (C=O) groups is 1. The SMILES string of the molecule is Cc1cc(C)c(CC(=O)CC2CCCCC2)c(C)c1. The lowest BCUT2D eigenvalue weighted by Gasteiger charge is -2.21. The third kappa shape index (κ3) is 3.92. The number of hydrogen-bond acceptors (Lipinski definition) is 1. The van der Waals surface area contributed by atoms with Crippen molar-refractivity contribution in [3.63, 3.8) is 0 Å². The predicted octanol–water partition coefficient (Wildman–Crippen LogP) is 4.69. The Morgan fingerprint density at radius 2 is 1.63 bits per heavy atom. The molecule has 1 heteroatoms. The van der Waals surface area contributed by atoms with E-state index in [-0.39, 0.29) is 0 Å². The second kappa shape index (κ2) is 6.36. The van der Waals surface area contributed by atoms with Gasteiger partial charge in [-0.15, -0.1) is 0 Å². The standard InChI is InChI=1S/C18H26O/c1-13-9-14(2)18(15(3)10-13)12-17(19)11-16-7-5-4-6-8-16/h9-10,16H,4-8,11-12H2,1-3H3. The van der Waals surface area contributed by atoms with E-state index in [1.165, 1.54) is 54.4 Å². The predicted molar refractivity (Wildman–Crippen MR) is 80.6 cm³/mol. The van der Waals surface area contributed by atoms with E-state index in [1.54, 1.807) is 0 Å². The Balaban J connectivity index is 1.98. The summed E-state index contributed by atoms with van der Waals surface area (Å²) in [5.74, 6) is 1.09. The first-order chi connectivity index (χ1) is 9.06. The summed E-state index contributed by atoms with van der Waals surface area (Å²) < 4.78 is 0. The van der Waals surface area contributed by atoms with Gasteiger partial charge >= 0.3 is 0 Å². The third-order valence-electron chi connectivity index (χ3n) is 4.46. The Kier molecular flexibility index (Phi) is 4.79. The maximum atomic E-state index is 12.3. The first kappa shape index (κ1) is 14.3. The molecule has 2 rings (SSSR count). The highest BCUT2D eigenvalue weighted by Crippen LogP contribution is 2.27. The zero-order valence-corrected chi connectivity index (χ0v) is 12.6. The highest BCUT2D eigenvalue weighted by atomic mass is 16.1. The summed E-state index contributed by atoms with van der Waals surface area (Å²) in [6, 6.07) is 4.38. The van der Waals surface area contributed by atoms with E-state index in [2.05, 4.69) is 32.9 Å². The molecule has 0 spiro atoms. The van der Waals surface area contributed by atoms with Crippen molar-refractivity contribution in [2.45, 2.75) is 65.7 Å². The normalized spacial score (nSPS) is 16.6. The van der Waals surface area contributed by atoms with Gasteiger partial charge in [-0.3, -0.25) is 4.79 Å². The highest BCUT2D eigenvalue weighted by molar-refractivity contribution is 5.81. The molecule has 0 saturated heterocycles. The summed E-state index contributed by atoms with van der Waals surface area (Å²) in [7, 11) is 0. The van der Waals surface area contributed by atoms with Crippen molar-refractivity contribution in [2.24, 2.45) is 5.92 Å². The number of carbonyl (C=O) groups excluding carboxylic acids is 1. The van der Waals surface area contributed by atoms with Crippen LogP contribution in [0.1, 0.15) is 60.8 Å². The van der Waals surface area contributed by atoms with E-state index in [0.717, 1.165) is 6.42 Å². The molecule has 104 valence electrons. The van der Waals surface area contributed by atoms with Crippen molar-refractivity contribution >= 4 is 5.78 Å². The molecule has 0 unspecified atom stereocenters. The van der Waals surface area contributed by atoms with E-state index >= 15 is 0 Å². The van der Waals surface area contributed by atoms with Gasteiger partial charge in [0.1, 0.15) is 5.78 Å². The van der Waals surface area contributed by atoms with Gasteiger partial charge in [0.2, 0.25) is 0 Å². The molecule has 0 atom stereocenters. The van der Waals surface area contributed by atoms with Crippen LogP contribution in [0.2, 0.25) is 0 Å². The average molecular weight is 258 g/mol. The summed E-state index contributed by atoms with van der Waals surface area (Å²) in [6.45, 7) is 6.38. The molecule has 0 aliphatic heterocycles. The Morgan fingerprint density at radius 3 is 2.21 bits per heavy atom. The van der Waals surface area contributed by atoms with Gasteiger partial charge in [-0.05, 0) is 43.4 Å². The molecule has 0 amide bonds. The van der Waals surface area contributed by atoms with Crippen LogP contribution in [0.5, 0.6) is 0 Å². The molecule has 0 N–H and O–H groups in total. The summed E-state index contributed by atoms with van der Waals surface area (Å²) in [5.41, 5.74) is 5.09. The van der Waals surface area contributed by atoms with E-state index < -0.39 is 0 Å². The number of benzene rings is 1. The molecule has 1 saturated carbocycles. The smallest absolute Gasteiger partial charge is 0.137 e. The van der Waals surface area contributed by atoms with Crippen LogP contribution in [0.3, 0.4) is 0 Å². The lowest BCUT2D eigenvalue weighted by molar-refractivity contribution is -0.119. The molecule has 0 radical (unpaired) electrons. The molecular weight excluding hydrogens is 232 g/mol. The number of hydrogen-bond donors (Lipinski definition) is 0. The number of rotatable bonds is 4. The molecule has 0 aromatic heterocycles. The van der Waals surface area contributed by atoms with Crippen LogP contribution < -0.4 is 0 Å². The van der Waals surface area contributed by atoms with Gasteiger partial charge < -0.3 is 0 Å². The van der Waals surface area contributed by atoms with Gasteiger partial charge in [0.05, 0.1) is 0 Å². The zero-order chi connectivity index (χ0) is 13.8. The Hall–Kier alpha value is -1.11. The van der Waals surface area contributed by atoms with Gasteiger partial charge in [-0.25, -0.2) is 0 Å². The van der Waals surface area contributed by atoms with Crippen LogP contribution in [0.4, 0.5) is 0 Å². The van der Waals surface area contributed by atoms with E-state index in [0.29, 0.717) is 18.1 Å². The number of ketones is 1. The molecule has 1 aliphatic rings. The van der Waals surface area contributed by atoms with E-state index in [9.17, 15) is 4.79 Å². The van der Waals surface area contributed by atoms with Crippen molar-refractivity contribution in [1.82, 2.24) is 0 Å². The maximum Gasteiger partial charge on any atom is 0.137 e. The highest BCUT2D eigenvalue weighted by Gasteiger charge is 2.18. The van der Waals surface area contributed by atoms with Crippen LogP contribution in [0.15, 0.2) is 12.1 Å². The van der Waals surface area contributed by atoms with Crippen molar-refractivity contribution in [3.05, 3.63) is 34.4 Å². The third-order valence-corrected chi connectivity index (χ3v) is 4.46. The van der Waals surface area contributed by atoms with Crippen molar-refractivity contribution in [1.29, 1.82) is 0 Å². The van der Waals surface area contributed by atoms with E-state index in [4.69, 9.17) is 0 Å². The van der Waals surface area contributed by atoms with Crippen LogP contribution in [0.25, 0.3) is 0 Å². The van der Waals surface area contributed by atoms with Gasteiger partial charge in [-0.2, -0.15) is 0 Å². The number of Topliss-reactive ketones (excluding diaryl/α,β-unsaturated/α-hetero) is 1. The molecule has 19 heavy (non-hydrogen) atoms. The second-order valence-electron chi connectivity index (χ2n) is 6.30. The van der Waals surface area contributed by atoms with Crippen LogP contribution >= 0.6 is 0 Å². The topological polar surface area (TPSA) is 17.1 Å². The molecule has 1 aromatic carbocycles. The fourth-order valence-corrected chi connectivity index (χ4v) is 3.47. The van der Waals surface area contributed by atoms with Crippen molar-refractivity contribution < 1.29 is 4.79 Å². The van der Waals surface area contributed by atoms with E-state index in [1.807, 2.05) is 0 Å². The minimum absolute atomic E-state index is 0.432. The summed E-state index contributed by atoms with van der Waals surface area (Å²) >= 11 is 0. The largest absolute Gasteiger partial charge is 0.299 e. The Bertz CT molecular complexity index is 430. The molecule has 1 aromatic rings. The molecule has 0 bridgehead atoms. The van der Waals surface area contributed by atoms with Gasteiger partial charge in [-0.1, -0.05) is 49.8 Å². The molecule has 1 nitrogen and oxygen atoms in total. The fourth-order valence-electron chi connectivity index (χ4n) is 3.47. The second-order valence-corrected chi connectivity index (χ2v) is 6.30. The quantitative estimate of drug-likeness (QED) is 0.765. The first-order valence-corrected chi connectivity index (χ1v) is 7.64. The Morgan fingerprint density at radius 1 is 1.05 bits per heavy atom. The Labute approximate surface area is 117 Å². The number of aryl methyl sites for hydroxylation is 3. The zero-order valence-electron chi connectivity index (χ0n) is 12.6. The lowest BCUT2D eigenvalue weighted by atomic mass is 9.84. The summed E-state index contributed by atoms with van der Waals surface area (Å²) in [4.78, 5) is 12.3. The monoisotopic (exact) mass is 258 g/mol. The van der Waals surface area contributed by atoms with Crippen LogP contribution in [0, 0.1) is 26.7 Å². The van der Waals surface area contributed by atoms with Crippen molar-refractivity contribution in [3.8, 4) is 0 Å². The summed E-state index contributed by atoms with van der Waals surface area (Å²) in [5, 5.41) is 0. The molecule has 0 heterocycles. The van der Waals surface area contributed by atoms with Gasteiger partial charge in [0.25, 0.3) is 0 Å². The minimum Gasteiger partial charge on any atom is -0.299 e. The maximum absolute atomic E-state index is 12.3. The average Bonchev–Trinajstić information content (AvgIpc) is 2.35. The van der Waals surface area contributed by atoms with Crippen molar-refractivity contribution in [2.75, 3.05) is 0 Å². The minimum atomic E-state index is 0.432. The van der Waals surface area contributed by atoms with Gasteiger partial charge in [0.15, 0.2) is 0 Å². The molecule has 1 fully saturated rings.